The topological polar surface area (TPSA) is 64.6 Å². The molecule has 0 spiro atoms. The van der Waals surface area contributed by atoms with E-state index >= 15 is 0 Å². The Morgan fingerprint density at radius 2 is 2.32 bits per heavy atom. The van der Waals surface area contributed by atoms with Gasteiger partial charge in [0.25, 0.3) is 5.91 Å². The van der Waals surface area contributed by atoms with Crippen molar-refractivity contribution in [2.24, 2.45) is 0 Å². The molecule has 1 aromatic rings. The smallest absolute Gasteiger partial charge is 0.340 e. The van der Waals surface area contributed by atoms with Crippen molar-refractivity contribution in [1.29, 1.82) is 0 Å². The lowest BCUT2D eigenvalue weighted by Crippen LogP contribution is -2.34. The molecule has 0 radical (unpaired) electrons. The highest BCUT2D eigenvalue weighted by Crippen LogP contribution is 2.23. The van der Waals surface area contributed by atoms with Crippen molar-refractivity contribution in [3.63, 3.8) is 0 Å². The maximum Gasteiger partial charge on any atom is 0.340 e. The molecule has 1 heterocycles. The molecule has 1 saturated heterocycles. The van der Waals surface area contributed by atoms with Crippen LogP contribution < -0.4 is 5.32 Å². The minimum atomic E-state index is -0.604. The normalized spacial score (nSPS) is 17.3. The van der Waals surface area contributed by atoms with E-state index in [2.05, 4.69) is 5.32 Å². The number of nitrogens with one attached hydrogen (secondary N) is 1. The Balaban J connectivity index is 1.80. The number of hydrogen-bond donors (Lipinski definition) is 1. The molecule has 1 atom stereocenters. The number of carbonyl (C=O) groups is 2. The van der Waals surface area contributed by atoms with Gasteiger partial charge in [-0.1, -0.05) is 11.6 Å². The van der Waals surface area contributed by atoms with Gasteiger partial charge in [-0.3, -0.25) is 4.79 Å². The van der Waals surface area contributed by atoms with E-state index in [9.17, 15) is 9.59 Å². The zero-order valence-electron chi connectivity index (χ0n) is 12.3. The first-order valence-corrected chi connectivity index (χ1v) is 8.59. The number of amides is 1. The highest BCUT2D eigenvalue weighted by molar-refractivity contribution is 7.98. The van der Waals surface area contributed by atoms with Gasteiger partial charge >= 0.3 is 5.97 Å². The third-order valence-electron chi connectivity index (χ3n) is 3.28. The van der Waals surface area contributed by atoms with Crippen molar-refractivity contribution in [2.75, 3.05) is 26.0 Å². The quantitative estimate of drug-likeness (QED) is 0.635. The summed E-state index contributed by atoms with van der Waals surface area (Å²) in [4.78, 5) is 24.5. The average Bonchev–Trinajstić information content (AvgIpc) is 3.04. The monoisotopic (exact) mass is 343 g/mol. The molecule has 0 saturated carbocycles. The summed E-state index contributed by atoms with van der Waals surface area (Å²) in [6.45, 7) is 0.851. The van der Waals surface area contributed by atoms with Crippen LogP contribution in [-0.4, -0.2) is 44.0 Å². The van der Waals surface area contributed by atoms with E-state index in [1.54, 1.807) is 12.1 Å². The molecule has 7 heteroatoms. The van der Waals surface area contributed by atoms with Crippen LogP contribution in [0.15, 0.2) is 23.1 Å². The van der Waals surface area contributed by atoms with Gasteiger partial charge in [-0.25, -0.2) is 4.79 Å². The fourth-order valence-corrected chi connectivity index (χ4v) is 2.72. The molecule has 120 valence electrons. The molecule has 1 aliphatic heterocycles. The van der Waals surface area contributed by atoms with Crippen LogP contribution in [0, 0.1) is 0 Å². The number of halogens is 1. The molecule has 1 unspecified atom stereocenters. The minimum Gasteiger partial charge on any atom is -0.452 e. The Hall–Kier alpha value is -1.24. The van der Waals surface area contributed by atoms with Crippen LogP contribution in [-0.2, 0) is 14.3 Å². The van der Waals surface area contributed by atoms with Crippen molar-refractivity contribution in [3.05, 3.63) is 28.8 Å². The molecule has 1 aliphatic rings. The Labute approximate surface area is 138 Å². The molecule has 0 aliphatic carbocycles. The van der Waals surface area contributed by atoms with Crippen LogP contribution in [0.3, 0.4) is 0 Å². The van der Waals surface area contributed by atoms with Crippen LogP contribution in [0.5, 0.6) is 0 Å². The number of esters is 1. The number of benzene rings is 1. The third-order valence-corrected chi connectivity index (χ3v) is 4.33. The molecule has 0 bridgehead atoms. The van der Waals surface area contributed by atoms with Crippen molar-refractivity contribution in [1.82, 2.24) is 5.32 Å². The highest BCUT2D eigenvalue weighted by atomic mass is 35.5. The summed E-state index contributed by atoms with van der Waals surface area (Å²) in [6, 6.07) is 5.11. The molecule has 2 rings (SSSR count). The Kier molecular flexibility index (Phi) is 6.54. The number of ether oxygens (including phenoxy) is 2. The van der Waals surface area contributed by atoms with Crippen LogP contribution in [0.2, 0.25) is 5.02 Å². The molecular formula is C15H18ClNO4S. The Morgan fingerprint density at radius 1 is 1.50 bits per heavy atom. The van der Waals surface area contributed by atoms with Crippen molar-refractivity contribution < 1.29 is 19.1 Å². The number of carbonyl (C=O) groups excluding carboxylic acids is 2. The molecule has 1 amide bonds. The van der Waals surface area contributed by atoms with Gasteiger partial charge in [0.1, 0.15) is 0 Å². The fraction of sp³-hybridized carbons (Fsp3) is 0.467. The SMILES string of the molecule is CSc1ccc(Cl)c(C(=O)OCC(=O)NCC2CCCO2)c1. The van der Waals surface area contributed by atoms with Gasteiger partial charge in [0.05, 0.1) is 16.7 Å². The highest BCUT2D eigenvalue weighted by Gasteiger charge is 2.18. The van der Waals surface area contributed by atoms with Gasteiger partial charge < -0.3 is 14.8 Å². The minimum absolute atomic E-state index is 0.0624. The van der Waals surface area contributed by atoms with Crippen molar-refractivity contribution in [2.45, 2.75) is 23.8 Å². The van der Waals surface area contributed by atoms with Crippen LogP contribution in [0.4, 0.5) is 0 Å². The predicted molar refractivity (Wildman–Crippen MR) is 85.5 cm³/mol. The second kappa shape index (κ2) is 8.41. The van der Waals surface area contributed by atoms with Crippen LogP contribution >= 0.6 is 23.4 Å². The number of hydrogen-bond acceptors (Lipinski definition) is 5. The summed E-state index contributed by atoms with van der Waals surface area (Å²) < 4.78 is 10.4. The number of rotatable bonds is 6. The largest absolute Gasteiger partial charge is 0.452 e. The van der Waals surface area contributed by atoms with Gasteiger partial charge in [0, 0.05) is 18.0 Å². The van der Waals surface area contributed by atoms with Gasteiger partial charge in [-0.15, -0.1) is 11.8 Å². The van der Waals surface area contributed by atoms with E-state index in [-0.39, 0.29) is 24.2 Å². The van der Waals surface area contributed by atoms with E-state index in [1.165, 1.54) is 11.8 Å². The van der Waals surface area contributed by atoms with E-state index in [4.69, 9.17) is 21.1 Å². The summed E-state index contributed by atoms with van der Waals surface area (Å²) in [7, 11) is 0. The fourth-order valence-electron chi connectivity index (χ4n) is 2.08. The molecular weight excluding hydrogens is 326 g/mol. The molecule has 22 heavy (non-hydrogen) atoms. The second-order valence-corrected chi connectivity index (χ2v) is 6.15. The molecule has 1 N–H and O–H groups in total. The summed E-state index contributed by atoms with van der Waals surface area (Å²) >= 11 is 7.48. The summed E-state index contributed by atoms with van der Waals surface area (Å²) in [5.41, 5.74) is 0.264. The summed E-state index contributed by atoms with van der Waals surface area (Å²) in [5, 5.41) is 3.00. The van der Waals surface area contributed by atoms with E-state index in [1.807, 2.05) is 12.3 Å². The van der Waals surface area contributed by atoms with Crippen LogP contribution in [0.25, 0.3) is 0 Å². The zero-order valence-corrected chi connectivity index (χ0v) is 13.8. The van der Waals surface area contributed by atoms with Gasteiger partial charge in [0.2, 0.25) is 0 Å². The van der Waals surface area contributed by atoms with Gasteiger partial charge in [0.15, 0.2) is 6.61 Å². The Morgan fingerprint density at radius 3 is 3.00 bits per heavy atom. The van der Waals surface area contributed by atoms with Crippen molar-refractivity contribution >= 4 is 35.2 Å². The lowest BCUT2D eigenvalue weighted by Gasteiger charge is -2.11. The van der Waals surface area contributed by atoms with E-state index < -0.39 is 5.97 Å². The second-order valence-electron chi connectivity index (χ2n) is 4.86. The standard InChI is InChI=1S/C15H18ClNO4S/c1-22-11-4-5-13(16)12(7-11)15(19)21-9-14(18)17-8-10-3-2-6-20-10/h4-5,7,10H,2-3,6,8-9H2,1H3,(H,17,18). The van der Waals surface area contributed by atoms with E-state index in [0.717, 1.165) is 24.3 Å². The lowest BCUT2D eigenvalue weighted by molar-refractivity contribution is -0.124. The average molecular weight is 344 g/mol. The number of thioether (sulfide) groups is 1. The summed E-state index contributed by atoms with van der Waals surface area (Å²) in [6.07, 6.45) is 3.92. The molecule has 1 aromatic carbocycles. The maximum absolute atomic E-state index is 12.0. The lowest BCUT2D eigenvalue weighted by atomic mass is 10.2. The molecule has 1 fully saturated rings. The van der Waals surface area contributed by atoms with Gasteiger partial charge in [-0.05, 0) is 37.3 Å². The Bertz CT molecular complexity index is 546. The summed E-state index contributed by atoms with van der Waals surface area (Å²) in [5.74, 6) is -0.950. The van der Waals surface area contributed by atoms with E-state index in [0.29, 0.717) is 11.6 Å². The first-order valence-electron chi connectivity index (χ1n) is 6.99. The first kappa shape index (κ1) is 17.1. The zero-order chi connectivity index (χ0) is 15.9. The predicted octanol–water partition coefficient (Wildman–Crippen LogP) is 2.51. The van der Waals surface area contributed by atoms with Crippen molar-refractivity contribution in [3.8, 4) is 0 Å². The maximum atomic E-state index is 12.0. The van der Waals surface area contributed by atoms with Crippen LogP contribution in [0.1, 0.15) is 23.2 Å². The first-order chi connectivity index (χ1) is 10.6. The third kappa shape index (κ3) is 4.90. The molecule has 0 aromatic heterocycles. The van der Waals surface area contributed by atoms with Gasteiger partial charge in [-0.2, -0.15) is 0 Å². The molecule has 5 nitrogen and oxygen atoms in total.